The van der Waals surface area contributed by atoms with Crippen molar-refractivity contribution < 1.29 is 39.4 Å². The molecule has 6 N–H and O–H groups in total. The molecule has 6 aliphatic carbocycles. The number of aliphatic hydroxyl groups is 6. The standard InChI is InChI=1S/C14H17Cl2NO.C14H17ClFNO.C14H18ClNO.C14H18FNO.2C14H19NO/c2*15-9-6-11-10(12(16)7-9)8-13(18)14(11)17-4-2-1-3-5-17;2*15-11-5-4-10-8-13(17)14(12(10)9-11)16-6-2-1-3-7-16;2*16-13-10-11-6-2-3-7-12(11)14(13)15-8-4-1-5-9-15/h2*6-7,13-14,18H,1-5,8H2;2*4-5,9,13-14,17H,1-3,6-8H2;2*2-3,6-7,13-14,16H,1,4-5,8-10H2/t6*13-,14-/m111111/s1. The highest BCUT2D eigenvalue weighted by Crippen LogP contribution is 2.46. The average Bonchev–Trinajstić information content (AvgIpc) is 1.66. The molecule has 0 unspecified atom stereocenters. The number of rotatable bonds is 6. The minimum Gasteiger partial charge on any atom is -0.391 e. The Morgan fingerprint density at radius 1 is 0.265 bits per heavy atom. The Kier molecular flexibility index (Phi) is 26.6. The van der Waals surface area contributed by atoms with E-state index in [-0.39, 0.29) is 78.4 Å². The van der Waals surface area contributed by atoms with E-state index in [4.69, 9.17) is 46.4 Å². The summed E-state index contributed by atoms with van der Waals surface area (Å²) in [5, 5.41) is 64.0. The first-order valence-corrected chi connectivity index (χ1v) is 40.3. The van der Waals surface area contributed by atoms with Crippen molar-refractivity contribution in [1.29, 1.82) is 0 Å². The smallest absolute Gasteiger partial charge is 0.128 e. The van der Waals surface area contributed by atoms with Gasteiger partial charge in [0.05, 0.1) is 72.9 Å². The SMILES string of the molecule is O[C@@H]1Cc2c(Cl)cc(Cl)cc2[C@H]1N1CCCCC1.O[C@@H]1Cc2c(F)cc(Cl)cc2[C@H]1N1CCCCC1.O[C@@H]1Cc2ccc(Cl)cc2[C@H]1N1CCCCC1.O[C@@H]1Cc2ccc(F)cc2[C@H]1N1CCCCC1.O[C@@H]1Cc2ccccc2[C@H]1N1CCCCC1.O[C@@H]1Cc2ccccc2[C@H]1N1CCCCC1. The van der Waals surface area contributed by atoms with Gasteiger partial charge in [0.15, 0.2) is 0 Å². The average molecular weight is 1480 g/mol. The number of hydrogen-bond acceptors (Lipinski definition) is 12. The van der Waals surface area contributed by atoms with E-state index in [9.17, 15) is 39.4 Å². The Balaban J connectivity index is 0.000000109. The van der Waals surface area contributed by atoms with Crippen LogP contribution in [0.5, 0.6) is 0 Å². The van der Waals surface area contributed by atoms with Gasteiger partial charge in [-0.2, -0.15) is 0 Å². The van der Waals surface area contributed by atoms with Gasteiger partial charge in [-0.15, -0.1) is 0 Å². The zero-order chi connectivity index (χ0) is 71.0. The van der Waals surface area contributed by atoms with Gasteiger partial charge < -0.3 is 30.6 Å². The second-order valence-corrected chi connectivity index (χ2v) is 32.6. The maximum absolute atomic E-state index is 13.9. The maximum atomic E-state index is 13.9. The second kappa shape index (κ2) is 35.7. The quantitative estimate of drug-likeness (QED) is 0.0946. The number of benzene rings is 6. The van der Waals surface area contributed by atoms with Crippen LogP contribution in [0.25, 0.3) is 0 Å². The summed E-state index contributed by atoms with van der Waals surface area (Å²) in [5.41, 5.74) is 13.7. The molecule has 6 aromatic carbocycles. The van der Waals surface area contributed by atoms with Crippen LogP contribution in [0.15, 0.2) is 109 Å². The van der Waals surface area contributed by atoms with E-state index in [1.54, 1.807) is 12.1 Å². The number of halogens is 6. The number of hydrogen-bond donors (Lipinski definition) is 6. The first-order chi connectivity index (χ1) is 49.6. The van der Waals surface area contributed by atoms with Crippen molar-refractivity contribution >= 4 is 46.4 Å². The van der Waals surface area contributed by atoms with Crippen LogP contribution >= 0.6 is 46.4 Å². The monoisotopic (exact) mass is 1470 g/mol. The molecule has 102 heavy (non-hydrogen) atoms. The van der Waals surface area contributed by atoms with Gasteiger partial charge >= 0.3 is 0 Å². The molecule has 0 bridgehead atoms. The molecule has 6 fully saturated rings. The van der Waals surface area contributed by atoms with Crippen molar-refractivity contribution in [2.45, 2.75) is 227 Å². The molecule has 6 heterocycles. The molecular formula is C84H108Cl4F2N6O6. The molecule has 6 aliphatic heterocycles. The molecule has 0 aromatic heterocycles. The first-order valence-electron chi connectivity index (χ1n) is 38.8. The number of piperidine rings is 6. The number of fused-ring (bicyclic) bond motifs is 6. The highest BCUT2D eigenvalue weighted by Gasteiger charge is 2.42. The molecule has 12 atom stereocenters. The van der Waals surface area contributed by atoms with Crippen LogP contribution in [0, 0.1) is 11.6 Å². The molecule has 18 heteroatoms. The summed E-state index contributed by atoms with van der Waals surface area (Å²) in [6.07, 6.45) is 24.8. The predicted molar refractivity (Wildman–Crippen MR) is 406 cm³/mol. The molecule has 552 valence electrons. The Morgan fingerprint density at radius 2 is 0.549 bits per heavy atom. The summed E-state index contributed by atoms with van der Waals surface area (Å²) < 4.78 is 27.2. The van der Waals surface area contributed by atoms with Crippen molar-refractivity contribution in [3.8, 4) is 0 Å². The van der Waals surface area contributed by atoms with E-state index in [1.165, 1.54) is 148 Å². The topological polar surface area (TPSA) is 141 Å². The van der Waals surface area contributed by atoms with Gasteiger partial charge in [-0.05, 0) is 271 Å². The van der Waals surface area contributed by atoms with E-state index >= 15 is 0 Å². The minimum atomic E-state index is -0.508. The highest BCUT2D eigenvalue weighted by atomic mass is 35.5. The lowest BCUT2D eigenvalue weighted by atomic mass is 10.0. The van der Waals surface area contributed by atoms with E-state index in [2.05, 4.69) is 84.0 Å². The van der Waals surface area contributed by atoms with Crippen LogP contribution in [-0.2, 0) is 38.5 Å². The lowest BCUT2D eigenvalue weighted by Gasteiger charge is -2.34. The van der Waals surface area contributed by atoms with Crippen molar-refractivity contribution in [2.24, 2.45) is 0 Å². The van der Waals surface area contributed by atoms with Crippen molar-refractivity contribution in [3.63, 3.8) is 0 Å². The predicted octanol–water partition coefficient (Wildman–Crippen LogP) is 15.7. The van der Waals surface area contributed by atoms with E-state index < -0.39 is 6.10 Å². The Hall–Kier alpha value is -4.14. The van der Waals surface area contributed by atoms with Crippen LogP contribution in [0.3, 0.4) is 0 Å². The van der Waals surface area contributed by atoms with Crippen molar-refractivity contribution in [1.82, 2.24) is 29.4 Å². The van der Waals surface area contributed by atoms with Crippen LogP contribution in [0.1, 0.15) is 219 Å². The molecule has 12 nitrogen and oxygen atoms in total. The van der Waals surface area contributed by atoms with Gasteiger partial charge in [-0.1, -0.05) is 146 Å². The van der Waals surface area contributed by atoms with Crippen LogP contribution in [-0.4, -0.2) is 175 Å². The summed E-state index contributed by atoms with van der Waals surface area (Å²) in [5.74, 6) is -0.476. The fourth-order valence-corrected chi connectivity index (χ4v) is 20.3. The molecule has 0 spiro atoms. The van der Waals surface area contributed by atoms with Gasteiger partial charge in [-0.3, -0.25) is 29.4 Å². The normalized spacial score (nSPS) is 29.3. The third-order valence-electron chi connectivity index (χ3n) is 24.1. The summed E-state index contributed by atoms with van der Waals surface area (Å²) in [6, 6.07) is 35.5. The van der Waals surface area contributed by atoms with Gasteiger partial charge in [-0.25, -0.2) is 8.78 Å². The third-order valence-corrected chi connectivity index (χ3v) is 25.1. The Bertz CT molecular complexity index is 3490. The van der Waals surface area contributed by atoms with Crippen LogP contribution < -0.4 is 0 Å². The highest BCUT2D eigenvalue weighted by molar-refractivity contribution is 6.35. The fraction of sp³-hybridized carbons (Fsp3) is 0.571. The number of nitrogens with zero attached hydrogens (tertiary/aromatic N) is 6. The second-order valence-electron chi connectivity index (χ2n) is 30.9. The number of aliphatic hydroxyl groups excluding tert-OH is 6. The van der Waals surface area contributed by atoms with E-state index in [0.717, 1.165) is 143 Å². The molecule has 6 saturated heterocycles. The largest absolute Gasteiger partial charge is 0.391 e. The Morgan fingerprint density at radius 3 is 0.941 bits per heavy atom. The lowest BCUT2D eigenvalue weighted by molar-refractivity contribution is 0.0494. The molecular weight excluding hydrogens is 1370 g/mol. The summed E-state index contributed by atoms with van der Waals surface area (Å²) in [7, 11) is 0. The fourth-order valence-electron chi connectivity index (χ4n) is 19.3. The van der Waals surface area contributed by atoms with Crippen LogP contribution in [0.2, 0.25) is 20.1 Å². The number of likely N-dealkylation sites (tertiary alicyclic amines) is 6. The first kappa shape index (κ1) is 76.1. The van der Waals surface area contributed by atoms with E-state index in [1.807, 2.05) is 30.3 Å². The summed E-state index contributed by atoms with van der Waals surface area (Å²) >= 11 is 24.3. The molecule has 0 amide bonds. The van der Waals surface area contributed by atoms with E-state index in [0.29, 0.717) is 39.9 Å². The maximum Gasteiger partial charge on any atom is 0.128 e. The molecule has 6 aromatic rings. The molecule has 0 radical (unpaired) electrons. The van der Waals surface area contributed by atoms with Crippen molar-refractivity contribution in [2.75, 3.05) is 78.5 Å². The zero-order valence-electron chi connectivity index (χ0n) is 59.4. The molecule has 12 aliphatic rings. The van der Waals surface area contributed by atoms with Gasteiger partial charge in [0.1, 0.15) is 11.6 Å². The third kappa shape index (κ3) is 17.8. The zero-order valence-corrected chi connectivity index (χ0v) is 62.4. The molecule has 0 saturated carbocycles. The van der Waals surface area contributed by atoms with Crippen LogP contribution in [0.4, 0.5) is 8.78 Å². The van der Waals surface area contributed by atoms with Gasteiger partial charge in [0, 0.05) is 58.6 Å². The minimum absolute atomic E-state index is 0.0148. The summed E-state index contributed by atoms with van der Waals surface area (Å²) in [6.45, 7) is 12.9. The summed E-state index contributed by atoms with van der Waals surface area (Å²) in [4.78, 5) is 14.3. The van der Waals surface area contributed by atoms with Crippen molar-refractivity contribution in [3.05, 3.63) is 208 Å². The van der Waals surface area contributed by atoms with Gasteiger partial charge in [0.2, 0.25) is 0 Å². The van der Waals surface area contributed by atoms with Gasteiger partial charge in [0.25, 0.3) is 0 Å². The molecule has 18 rings (SSSR count). The lowest BCUT2D eigenvalue weighted by Crippen LogP contribution is -2.37. The Labute approximate surface area is 624 Å².